The molecule has 0 unspecified atom stereocenters. The molecule has 0 spiro atoms. The van der Waals surface area contributed by atoms with Gasteiger partial charge in [0.05, 0.1) is 11.7 Å². The van der Waals surface area contributed by atoms with Crippen molar-refractivity contribution in [3.8, 4) is 11.4 Å². The lowest BCUT2D eigenvalue weighted by Crippen LogP contribution is -2.50. The number of benzene rings is 2. The number of ether oxygens (including phenoxy) is 1. The molecule has 4 N–H and O–H groups in total. The van der Waals surface area contributed by atoms with E-state index in [0.717, 1.165) is 18.4 Å². The predicted octanol–water partition coefficient (Wildman–Crippen LogP) is 3.63. The summed E-state index contributed by atoms with van der Waals surface area (Å²) >= 11 is 0. The van der Waals surface area contributed by atoms with Gasteiger partial charge in [0, 0.05) is 18.0 Å². The molecule has 1 saturated carbocycles. The van der Waals surface area contributed by atoms with Crippen molar-refractivity contribution in [1.29, 1.82) is 0 Å². The van der Waals surface area contributed by atoms with Gasteiger partial charge in [0.25, 0.3) is 5.91 Å². The standard InChI is InChI=1S/C29H37N7O4/c1-29(2,3)40-28(39)31-18-20-9-11-22(12-10-20)26(37)36(27(38)24(30)17-19-7-5-4-6-8-19)23-15-13-21(14-16-23)25-32-34-35-33-25/h4-8,13-16,20,22,24H,9-12,17-18,30H2,1-3H3,(H,31,39)(H,32,33,34,35)/t20-,22-,24-/m0/s1. The molecule has 1 fully saturated rings. The molecular formula is C29H37N7O4. The van der Waals surface area contributed by atoms with Gasteiger partial charge in [-0.1, -0.05) is 30.3 Å². The maximum atomic E-state index is 13.9. The lowest BCUT2D eigenvalue weighted by atomic mass is 9.81. The number of carbonyl (C=O) groups is 3. The molecule has 40 heavy (non-hydrogen) atoms. The smallest absolute Gasteiger partial charge is 0.407 e. The molecule has 0 radical (unpaired) electrons. The topological polar surface area (TPSA) is 156 Å². The van der Waals surface area contributed by atoms with Crippen LogP contribution < -0.4 is 16.0 Å². The van der Waals surface area contributed by atoms with E-state index in [1.165, 1.54) is 4.90 Å². The molecule has 11 heteroatoms. The molecule has 1 aliphatic carbocycles. The number of imide groups is 1. The highest BCUT2D eigenvalue weighted by Crippen LogP contribution is 2.32. The predicted molar refractivity (Wildman–Crippen MR) is 150 cm³/mol. The zero-order valence-electron chi connectivity index (χ0n) is 23.2. The first-order valence-electron chi connectivity index (χ1n) is 13.6. The zero-order valence-corrected chi connectivity index (χ0v) is 23.2. The van der Waals surface area contributed by atoms with E-state index in [9.17, 15) is 14.4 Å². The van der Waals surface area contributed by atoms with Gasteiger partial charge in [-0.25, -0.2) is 9.69 Å². The van der Waals surface area contributed by atoms with Crippen LogP contribution in [0, 0.1) is 11.8 Å². The second kappa shape index (κ2) is 12.8. The molecule has 3 aromatic rings. The van der Waals surface area contributed by atoms with Crippen molar-refractivity contribution < 1.29 is 19.1 Å². The molecule has 3 amide bonds. The Morgan fingerprint density at radius 3 is 2.33 bits per heavy atom. The molecule has 2 aromatic carbocycles. The van der Waals surface area contributed by atoms with E-state index in [2.05, 4.69) is 25.9 Å². The fourth-order valence-electron chi connectivity index (χ4n) is 4.87. The van der Waals surface area contributed by atoms with Gasteiger partial charge in [0.2, 0.25) is 11.7 Å². The second-order valence-electron chi connectivity index (χ2n) is 11.2. The number of nitrogens with two attached hydrogens (primary N) is 1. The van der Waals surface area contributed by atoms with Crippen LogP contribution in [0.2, 0.25) is 0 Å². The Labute approximate surface area is 233 Å². The van der Waals surface area contributed by atoms with Gasteiger partial charge in [0.1, 0.15) is 5.60 Å². The van der Waals surface area contributed by atoms with Gasteiger partial charge in [-0.3, -0.25) is 9.59 Å². The van der Waals surface area contributed by atoms with Crippen LogP contribution in [0.3, 0.4) is 0 Å². The molecule has 4 rings (SSSR count). The van der Waals surface area contributed by atoms with Gasteiger partial charge in [0.15, 0.2) is 0 Å². The van der Waals surface area contributed by atoms with Crippen LogP contribution in [0.1, 0.15) is 52.0 Å². The minimum atomic E-state index is -0.891. The maximum Gasteiger partial charge on any atom is 0.407 e. The normalized spacial score (nSPS) is 18.0. The number of nitrogens with one attached hydrogen (secondary N) is 2. The summed E-state index contributed by atoms with van der Waals surface area (Å²) in [7, 11) is 0. The Morgan fingerprint density at radius 1 is 1.05 bits per heavy atom. The molecule has 212 valence electrons. The maximum absolute atomic E-state index is 13.9. The first-order valence-corrected chi connectivity index (χ1v) is 13.6. The number of tetrazole rings is 1. The molecule has 11 nitrogen and oxygen atoms in total. The van der Waals surface area contributed by atoms with Crippen LogP contribution in [0.15, 0.2) is 54.6 Å². The van der Waals surface area contributed by atoms with Crippen LogP contribution in [-0.4, -0.2) is 56.7 Å². The fourth-order valence-corrected chi connectivity index (χ4v) is 4.87. The third-order valence-corrected chi connectivity index (χ3v) is 6.92. The number of amides is 3. The lowest BCUT2D eigenvalue weighted by Gasteiger charge is -2.32. The Kier molecular flexibility index (Phi) is 9.26. The summed E-state index contributed by atoms with van der Waals surface area (Å²) in [6.45, 7) is 5.95. The van der Waals surface area contributed by atoms with E-state index in [0.29, 0.717) is 42.9 Å². The largest absolute Gasteiger partial charge is 0.444 e. The summed E-state index contributed by atoms with van der Waals surface area (Å²) in [5.41, 5.74) is 7.87. The molecule has 0 saturated heterocycles. The van der Waals surface area contributed by atoms with Crippen molar-refractivity contribution in [1.82, 2.24) is 25.9 Å². The van der Waals surface area contributed by atoms with E-state index in [4.69, 9.17) is 10.5 Å². The van der Waals surface area contributed by atoms with Crippen LogP contribution in [-0.2, 0) is 20.7 Å². The lowest BCUT2D eigenvalue weighted by molar-refractivity contribution is -0.130. The monoisotopic (exact) mass is 547 g/mol. The van der Waals surface area contributed by atoms with Gasteiger partial charge < -0.3 is 15.8 Å². The van der Waals surface area contributed by atoms with Crippen molar-refractivity contribution in [2.45, 2.75) is 64.5 Å². The summed E-state index contributed by atoms with van der Waals surface area (Å²) < 4.78 is 5.32. The first-order chi connectivity index (χ1) is 19.1. The average Bonchev–Trinajstić information content (AvgIpc) is 3.47. The van der Waals surface area contributed by atoms with Gasteiger partial charge in [-0.15, -0.1) is 10.2 Å². The van der Waals surface area contributed by atoms with E-state index >= 15 is 0 Å². The molecule has 0 aliphatic heterocycles. The highest BCUT2D eigenvalue weighted by Gasteiger charge is 2.35. The fraction of sp³-hybridized carbons (Fsp3) is 0.448. The minimum Gasteiger partial charge on any atom is -0.444 e. The third-order valence-electron chi connectivity index (χ3n) is 6.92. The molecule has 0 bridgehead atoms. The van der Waals surface area contributed by atoms with Gasteiger partial charge >= 0.3 is 6.09 Å². The van der Waals surface area contributed by atoms with Crippen molar-refractivity contribution >= 4 is 23.6 Å². The molecule has 1 heterocycles. The van der Waals surface area contributed by atoms with Gasteiger partial charge in [-0.2, -0.15) is 5.21 Å². The van der Waals surface area contributed by atoms with Crippen molar-refractivity contribution in [2.24, 2.45) is 17.6 Å². The van der Waals surface area contributed by atoms with Crippen LogP contribution in [0.5, 0.6) is 0 Å². The molecule has 1 aromatic heterocycles. The highest BCUT2D eigenvalue weighted by molar-refractivity contribution is 6.17. The minimum absolute atomic E-state index is 0.232. The number of aromatic amines is 1. The number of rotatable bonds is 8. The van der Waals surface area contributed by atoms with Crippen molar-refractivity contribution in [3.63, 3.8) is 0 Å². The SMILES string of the molecule is CC(C)(C)OC(=O)NC[C@H]1CC[C@H](C(=O)N(C(=O)[C@@H](N)Cc2ccccc2)c2ccc(-c3nn[nH]n3)cc2)CC1. The second-order valence-corrected chi connectivity index (χ2v) is 11.2. The number of hydrogen-bond donors (Lipinski definition) is 3. The van der Waals surface area contributed by atoms with E-state index in [1.807, 2.05) is 51.1 Å². The Morgan fingerprint density at radius 2 is 1.73 bits per heavy atom. The number of anilines is 1. The van der Waals surface area contributed by atoms with E-state index in [-0.39, 0.29) is 17.7 Å². The van der Waals surface area contributed by atoms with Crippen LogP contribution in [0.25, 0.3) is 11.4 Å². The Bertz CT molecular complexity index is 1270. The van der Waals surface area contributed by atoms with E-state index < -0.39 is 23.6 Å². The van der Waals surface area contributed by atoms with E-state index in [1.54, 1.807) is 24.3 Å². The number of carbonyl (C=O) groups excluding carboxylic acids is 3. The molecule has 1 atom stereocenters. The zero-order chi connectivity index (χ0) is 28.7. The summed E-state index contributed by atoms with van der Waals surface area (Å²) in [6.07, 6.45) is 2.59. The summed E-state index contributed by atoms with van der Waals surface area (Å²) in [5.74, 6) is -0.401. The van der Waals surface area contributed by atoms with Gasteiger partial charge in [-0.05, 0) is 93.8 Å². The summed E-state index contributed by atoms with van der Waals surface area (Å²) in [4.78, 5) is 40.8. The number of H-pyrrole nitrogens is 1. The van der Waals surface area contributed by atoms with Crippen LogP contribution in [0.4, 0.5) is 10.5 Å². The number of hydrogen-bond acceptors (Lipinski definition) is 8. The number of aromatic nitrogens is 4. The summed E-state index contributed by atoms with van der Waals surface area (Å²) in [5, 5.41) is 16.8. The van der Waals surface area contributed by atoms with Crippen LogP contribution >= 0.6 is 0 Å². The third kappa shape index (κ3) is 7.72. The number of alkyl carbamates (subject to hydrolysis) is 1. The summed E-state index contributed by atoms with van der Waals surface area (Å²) in [6, 6.07) is 15.5. The first kappa shape index (κ1) is 28.9. The Hall–Kier alpha value is -4.12. The molecule has 1 aliphatic rings. The number of nitrogens with zero attached hydrogens (tertiary/aromatic N) is 4. The quantitative estimate of drug-likeness (QED) is 0.386. The Balaban J connectivity index is 1.45. The average molecular weight is 548 g/mol. The van der Waals surface area contributed by atoms with Crippen molar-refractivity contribution in [3.05, 3.63) is 60.2 Å². The van der Waals surface area contributed by atoms with Crippen molar-refractivity contribution in [2.75, 3.05) is 11.4 Å². The highest BCUT2D eigenvalue weighted by atomic mass is 16.6. The molecular weight excluding hydrogens is 510 g/mol.